The standard InChI is InChI=1S/C18H27N3O3S/c19-18(10-4-5-11-18)17(22)20-14-15-8-2-3-9-16(15)25(23,24)21-12-6-1-7-13-21/h2-3,8-9H,1,4-7,10-14,19H2,(H,20,22). The van der Waals surface area contributed by atoms with Crippen LogP contribution in [0.4, 0.5) is 0 Å². The van der Waals surface area contributed by atoms with E-state index in [1.165, 1.54) is 0 Å². The number of nitrogens with two attached hydrogens (primary N) is 1. The van der Waals surface area contributed by atoms with Crippen molar-refractivity contribution in [2.24, 2.45) is 5.73 Å². The third-order valence-corrected chi connectivity index (χ3v) is 7.29. The van der Waals surface area contributed by atoms with Gasteiger partial charge in [-0.15, -0.1) is 0 Å². The monoisotopic (exact) mass is 365 g/mol. The van der Waals surface area contributed by atoms with Gasteiger partial charge in [-0.2, -0.15) is 4.31 Å². The van der Waals surface area contributed by atoms with Crippen molar-refractivity contribution in [2.45, 2.75) is 61.9 Å². The molecule has 1 aromatic rings. The minimum Gasteiger partial charge on any atom is -0.350 e. The lowest BCUT2D eigenvalue weighted by Crippen LogP contribution is -2.51. The summed E-state index contributed by atoms with van der Waals surface area (Å²) in [5.74, 6) is -0.185. The van der Waals surface area contributed by atoms with E-state index in [1.54, 1.807) is 28.6 Å². The van der Waals surface area contributed by atoms with Crippen molar-refractivity contribution < 1.29 is 13.2 Å². The number of piperidine rings is 1. The fourth-order valence-corrected chi connectivity index (χ4v) is 5.47. The van der Waals surface area contributed by atoms with E-state index in [2.05, 4.69) is 5.32 Å². The summed E-state index contributed by atoms with van der Waals surface area (Å²) >= 11 is 0. The van der Waals surface area contributed by atoms with Crippen LogP contribution in [-0.2, 0) is 21.4 Å². The minimum atomic E-state index is -3.52. The number of carbonyl (C=O) groups excluding carboxylic acids is 1. The van der Waals surface area contributed by atoms with Crippen molar-refractivity contribution in [2.75, 3.05) is 13.1 Å². The summed E-state index contributed by atoms with van der Waals surface area (Å²) < 4.78 is 27.5. The van der Waals surface area contributed by atoms with Crippen LogP contribution < -0.4 is 11.1 Å². The Bertz CT molecular complexity index is 721. The first kappa shape index (κ1) is 18.4. The zero-order chi connectivity index (χ0) is 17.9. The molecule has 0 spiro atoms. The first-order valence-electron chi connectivity index (χ1n) is 9.09. The third kappa shape index (κ3) is 3.88. The molecule has 1 aliphatic heterocycles. The lowest BCUT2D eigenvalue weighted by atomic mass is 9.98. The number of nitrogens with zero attached hydrogens (tertiary/aromatic N) is 1. The number of amides is 1. The topological polar surface area (TPSA) is 92.5 Å². The molecule has 138 valence electrons. The van der Waals surface area contributed by atoms with Gasteiger partial charge in [0.25, 0.3) is 0 Å². The van der Waals surface area contributed by atoms with Crippen LogP contribution in [-0.4, -0.2) is 37.3 Å². The van der Waals surface area contributed by atoms with Crippen molar-refractivity contribution in [3.8, 4) is 0 Å². The second-order valence-corrected chi connectivity index (χ2v) is 9.02. The van der Waals surface area contributed by atoms with E-state index in [-0.39, 0.29) is 17.3 Å². The maximum absolute atomic E-state index is 13.0. The summed E-state index contributed by atoms with van der Waals surface area (Å²) in [6.07, 6.45) is 6.16. The van der Waals surface area contributed by atoms with Crippen molar-refractivity contribution in [1.82, 2.24) is 9.62 Å². The number of carbonyl (C=O) groups is 1. The molecular formula is C18H27N3O3S. The quantitative estimate of drug-likeness (QED) is 0.831. The fourth-order valence-electron chi connectivity index (χ4n) is 3.73. The molecule has 1 saturated carbocycles. The summed E-state index contributed by atoms with van der Waals surface area (Å²) in [7, 11) is -3.52. The Hall–Kier alpha value is -1.44. The van der Waals surface area contributed by atoms with E-state index < -0.39 is 15.6 Å². The van der Waals surface area contributed by atoms with E-state index in [0.29, 0.717) is 31.5 Å². The van der Waals surface area contributed by atoms with Crippen LogP contribution >= 0.6 is 0 Å². The van der Waals surface area contributed by atoms with Gasteiger partial charge in [-0.25, -0.2) is 8.42 Å². The highest BCUT2D eigenvalue weighted by Gasteiger charge is 2.37. The molecule has 1 saturated heterocycles. The van der Waals surface area contributed by atoms with Gasteiger partial charge in [0, 0.05) is 19.6 Å². The Morgan fingerprint density at radius 1 is 1.08 bits per heavy atom. The molecule has 0 atom stereocenters. The first-order valence-corrected chi connectivity index (χ1v) is 10.5. The fraction of sp³-hybridized carbons (Fsp3) is 0.611. The molecule has 2 aliphatic rings. The Labute approximate surface area is 149 Å². The SMILES string of the molecule is NC1(C(=O)NCc2ccccc2S(=O)(=O)N2CCCCC2)CCCC1. The Kier molecular flexibility index (Phi) is 5.46. The maximum atomic E-state index is 13.0. The second kappa shape index (κ2) is 7.43. The van der Waals surface area contributed by atoms with Crippen molar-refractivity contribution >= 4 is 15.9 Å². The van der Waals surface area contributed by atoms with Gasteiger partial charge in [0.05, 0.1) is 10.4 Å². The summed E-state index contributed by atoms with van der Waals surface area (Å²) in [5, 5.41) is 2.85. The number of benzene rings is 1. The molecule has 1 heterocycles. The van der Waals surface area contributed by atoms with Gasteiger partial charge in [-0.05, 0) is 37.3 Å². The minimum absolute atomic E-state index is 0.182. The van der Waals surface area contributed by atoms with Crippen LogP contribution in [0.2, 0.25) is 0 Å². The van der Waals surface area contributed by atoms with Gasteiger partial charge < -0.3 is 11.1 Å². The number of rotatable bonds is 5. The molecule has 7 heteroatoms. The van der Waals surface area contributed by atoms with Gasteiger partial charge in [-0.3, -0.25) is 4.79 Å². The Morgan fingerprint density at radius 3 is 2.40 bits per heavy atom. The summed E-state index contributed by atoms with van der Waals surface area (Å²) in [4.78, 5) is 12.7. The molecule has 0 unspecified atom stereocenters. The molecule has 0 bridgehead atoms. The summed E-state index contributed by atoms with van der Waals surface area (Å²) in [6.45, 7) is 1.31. The molecule has 6 nitrogen and oxygen atoms in total. The molecule has 1 amide bonds. The number of hydrogen-bond donors (Lipinski definition) is 2. The largest absolute Gasteiger partial charge is 0.350 e. The number of nitrogens with one attached hydrogen (secondary N) is 1. The van der Waals surface area contributed by atoms with Gasteiger partial charge in [0.1, 0.15) is 0 Å². The van der Waals surface area contributed by atoms with E-state index in [0.717, 1.165) is 32.1 Å². The molecule has 3 N–H and O–H groups in total. The van der Waals surface area contributed by atoms with Crippen molar-refractivity contribution in [3.05, 3.63) is 29.8 Å². The average Bonchev–Trinajstić information content (AvgIpc) is 3.08. The predicted octanol–water partition coefficient (Wildman–Crippen LogP) is 1.75. The summed E-state index contributed by atoms with van der Waals surface area (Å²) in [5.41, 5.74) is 5.98. The predicted molar refractivity (Wildman–Crippen MR) is 96.3 cm³/mol. The summed E-state index contributed by atoms with van der Waals surface area (Å²) in [6, 6.07) is 6.90. The molecule has 0 aromatic heterocycles. The van der Waals surface area contributed by atoms with Crippen LogP contribution in [0.25, 0.3) is 0 Å². The van der Waals surface area contributed by atoms with Gasteiger partial charge in [-0.1, -0.05) is 37.5 Å². The third-order valence-electron chi connectivity index (χ3n) is 5.29. The van der Waals surface area contributed by atoms with Gasteiger partial charge in [0.2, 0.25) is 15.9 Å². The smallest absolute Gasteiger partial charge is 0.243 e. The van der Waals surface area contributed by atoms with Gasteiger partial charge in [0.15, 0.2) is 0 Å². The van der Waals surface area contributed by atoms with Crippen LogP contribution in [0.15, 0.2) is 29.2 Å². The normalized spacial score (nSPS) is 21.2. The molecule has 3 rings (SSSR count). The zero-order valence-electron chi connectivity index (χ0n) is 14.5. The van der Waals surface area contributed by atoms with Gasteiger partial charge >= 0.3 is 0 Å². The van der Waals surface area contributed by atoms with Crippen LogP contribution in [0.3, 0.4) is 0 Å². The lowest BCUT2D eigenvalue weighted by Gasteiger charge is -2.27. The molecule has 1 aliphatic carbocycles. The van der Waals surface area contributed by atoms with Crippen molar-refractivity contribution in [3.63, 3.8) is 0 Å². The Morgan fingerprint density at radius 2 is 1.72 bits per heavy atom. The number of hydrogen-bond acceptors (Lipinski definition) is 4. The maximum Gasteiger partial charge on any atom is 0.243 e. The van der Waals surface area contributed by atoms with Crippen LogP contribution in [0.5, 0.6) is 0 Å². The highest BCUT2D eigenvalue weighted by molar-refractivity contribution is 7.89. The highest BCUT2D eigenvalue weighted by atomic mass is 32.2. The van der Waals surface area contributed by atoms with E-state index >= 15 is 0 Å². The second-order valence-electron chi connectivity index (χ2n) is 7.12. The molecule has 0 radical (unpaired) electrons. The molecule has 25 heavy (non-hydrogen) atoms. The highest BCUT2D eigenvalue weighted by Crippen LogP contribution is 2.28. The van der Waals surface area contributed by atoms with E-state index in [1.807, 2.05) is 0 Å². The first-order chi connectivity index (χ1) is 11.9. The van der Waals surface area contributed by atoms with Crippen LogP contribution in [0, 0.1) is 0 Å². The van der Waals surface area contributed by atoms with E-state index in [4.69, 9.17) is 5.73 Å². The van der Waals surface area contributed by atoms with E-state index in [9.17, 15) is 13.2 Å². The number of sulfonamides is 1. The molecule has 2 fully saturated rings. The Balaban J connectivity index is 1.75. The molecule has 1 aromatic carbocycles. The average molecular weight is 365 g/mol. The molecular weight excluding hydrogens is 338 g/mol. The lowest BCUT2D eigenvalue weighted by molar-refractivity contribution is -0.126. The zero-order valence-corrected chi connectivity index (χ0v) is 15.4. The van der Waals surface area contributed by atoms with Crippen molar-refractivity contribution in [1.29, 1.82) is 0 Å². The van der Waals surface area contributed by atoms with Crippen LogP contribution in [0.1, 0.15) is 50.5 Å².